The van der Waals surface area contributed by atoms with Crippen LogP contribution < -0.4 is 0 Å². The maximum Gasteiger partial charge on any atom is 0.309 e. The van der Waals surface area contributed by atoms with Crippen molar-refractivity contribution in [3.05, 3.63) is 69.8 Å². The molecular weight excluding hydrogens is 319 g/mol. The summed E-state index contributed by atoms with van der Waals surface area (Å²) in [6.07, 6.45) is 10.5. The molecule has 0 saturated carbocycles. The van der Waals surface area contributed by atoms with Crippen molar-refractivity contribution in [2.75, 3.05) is 13.7 Å². The molecule has 122 valence electrons. The van der Waals surface area contributed by atoms with Gasteiger partial charge in [0, 0.05) is 11.5 Å². The van der Waals surface area contributed by atoms with Gasteiger partial charge < -0.3 is 9.47 Å². The third kappa shape index (κ3) is 4.70. The lowest BCUT2D eigenvalue weighted by atomic mass is 9.93. The number of rotatable bonds is 4. The van der Waals surface area contributed by atoms with Gasteiger partial charge >= 0.3 is 5.97 Å². The first kappa shape index (κ1) is 17.3. The molecule has 1 aliphatic carbocycles. The quantitative estimate of drug-likeness (QED) is 0.701. The number of carbonyl (C=O) groups excluding carboxylic acids is 1. The molecule has 2 aliphatic rings. The Hall–Kier alpha value is -2.07. The van der Waals surface area contributed by atoms with Crippen LogP contribution in [0.5, 0.6) is 0 Å². The summed E-state index contributed by atoms with van der Waals surface area (Å²) in [7, 11) is 1.35. The fraction of sp³-hybridized carbons (Fsp3) is 0.278. The van der Waals surface area contributed by atoms with Gasteiger partial charge in [0.2, 0.25) is 0 Å². The second-order valence-corrected chi connectivity index (χ2v) is 5.55. The highest BCUT2D eigenvalue weighted by molar-refractivity contribution is 6.31. The lowest BCUT2D eigenvalue weighted by Gasteiger charge is -2.20. The summed E-state index contributed by atoms with van der Waals surface area (Å²) in [6.45, 7) is 2.30. The molecule has 3 nitrogen and oxygen atoms in total. The fourth-order valence-corrected chi connectivity index (χ4v) is 2.54. The van der Waals surface area contributed by atoms with Crippen molar-refractivity contribution >= 4 is 17.6 Å². The van der Waals surface area contributed by atoms with Crippen LogP contribution in [-0.2, 0) is 14.3 Å². The summed E-state index contributed by atoms with van der Waals surface area (Å²) in [4.78, 5) is 11.1. The van der Waals surface area contributed by atoms with Crippen molar-refractivity contribution in [3.8, 4) is 0 Å². The summed E-state index contributed by atoms with van der Waals surface area (Å²) in [5.41, 5.74) is 2.66. The maximum absolute atomic E-state index is 13.8. The van der Waals surface area contributed by atoms with Crippen LogP contribution in [0.3, 0.4) is 0 Å². The van der Waals surface area contributed by atoms with Gasteiger partial charge in [-0.15, -0.1) is 0 Å². The van der Waals surface area contributed by atoms with E-state index in [1.807, 2.05) is 19.1 Å². The fourth-order valence-electron chi connectivity index (χ4n) is 2.35. The molecule has 0 saturated heterocycles. The first-order chi connectivity index (χ1) is 11.0. The number of ether oxygens (including phenoxy) is 2. The summed E-state index contributed by atoms with van der Waals surface area (Å²) in [6, 6.07) is 0. The predicted molar refractivity (Wildman–Crippen MR) is 88.3 cm³/mol. The molecule has 0 N–H and O–H groups in total. The summed E-state index contributed by atoms with van der Waals surface area (Å²) in [5, 5.41) is 0.366. The van der Waals surface area contributed by atoms with E-state index in [1.54, 1.807) is 18.2 Å². The van der Waals surface area contributed by atoms with Gasteiger partial charge in [-0.3, -0.25) is 4.79 Å². The van der Waals surface area contributed by atoms with Crippen LogP contribution in [0.15, 0.2) is 69.8 Å². The van der Waals surface area contributed by atoms with Crippen molar-refractivity contribution in [2.24, 2.45) is 0 Å². The number of hydrogen-bond acceptors (Lipinski definition) is 3. The predicted octanol–water partition coefficient (Wildman–Crippen LogP) is 4.64. The first-order valence-electron chi connectivity index (χ1n) is 7.21. The largest absolute Gasteiger partial charge is 0.489 e. The van der Waals surface area contributed by atoms with E-state index in [-0.39, 0.29) is 24.6 Å². The zero-order chi connectivity index (χ0) is 16.8. The van der Waals surface area contributed by atoms with Gasteiger partial charge in [-0.2, -0.15) is 0 Å². The maximum atomic E-state index is 13.8. The summed E-state index contributed by atoms with van der Waals surface area (Å²) in [5.74, 6) is 0.0681. The Morgan fingerprint density at radius 3 is 3.00 bits per heavy atom. The highest BCUT2D eigenvalue weighted by atomic mass is 35.5. The molecule has 0 radical (unpaired) electrons. The van der Waals surface area contributed by atoms with Crippen LogP contribution >= 0.6 is 11.6 Å². The number of methoxy groups -OCH3 is 1. The third-order valence-electron chi connectivity index (χ3n) is 3.52. The van der Waals surface area contributed by atoms with Gasteiger partial charge in [0.25, 0.3) is 0 Å². The molecule has 0 aromatic carbocycles. The minimum atomic E-state index is -0.315. The van der Waals surface area contributed by atoms with Crippen molar-refractivity contribution in [1.29, 1.82) is 0 Å². The molecule has 2 rings (SSSR count). The number of allylic oxidation sites excluding steroid dienone is 9. The Labute approximate surface area is 140 Å². The summed E-state index contributed by atoms with van der Waals surface area (Å²) >= 11 is 5.89. The van der Waals surface area contributed by atoms with Crippen LogP contribution in [0.25, 0.3) is 0 Å². The van der Waals surface area contributed by atoms with E-state index >= 15 is 0 Å². The minimum absolute atomic E-state index is 0.175. The van der Waals surface area contributed by atoms with E-state index in [9.17, 15) is 9.18 Å². The second kappa shape index (κ2) is 7.97. The Balaban J connectivity index is 2.22. The Kier molecular flexibility index (Phi) is 5.99. The van der Waals surface area contributed by atoms with Crippen molar-refractivity contribution in [1.82, 2.24) is 0 Å². The third-order valence-corrected chi connectivity index (χ3v) is 3.76. The zero-order valence-corrected chi connectivity index (χ0v) is 13.8. The zero-order valence-electron chi connectivity index (χ0n) is 13.1. The normalized spacial score (nSPS) is 18.6. The molecule has 1 aliphatic heterocycles. The molecule has 0 unspecified atom stereocenters. The monoisotopic (exact) mass is 336 g/mol. The van der Waals surface area contributed by atoms with Crippen molar-refractivity contribution in [2.45, 2.75) is 19.8 Å². The van der Waals surface area contributed by atoms with Gasteiger partial charge in [0.1, 0.15) is 18.2 Å². The molecule has 0 bridgehead atoms. The molecule has 0 amide bonds. The minimum Gasteiger partial charge on any atom is -0.489 e. The van der Waals surface area contributed by atoms with E-state index in [2.05, 4.69) is 4.74 Å². The molecule has 0 fully saturated rings. The lowest BCUT2D eigenvalue weighted by molar-refractivity contribution is -0.139. The Morgan fingerprint density at radius 2 is 2.26 bits per heavy atom. The van der Waals surface area contributed by atoms with E-state index in [4.69, 9.17) is 16.3 Å². The Bertz CT molecular complexity index is 678. The summed E-state index contributed by atoms with van der Waals surface area (Å²) < 4.78 is 24.0. The van der Waals surface area contributed by atoms with E-state index in [1.165, 1.54) is 13.2 Å². The second-order valence-electron chi connectivity index (χ2n) is 5.11. The molecule has 1 heterocycles. The van der Waals surface area contributed by atoms with E-state index in [0.29, 0.717) is 17.4 Å². The standard InChI is InChI=1S/C18H18ClFO3/c1-12-16(13-6-7-14(19)11-15(20)10-13)8-9-23-17(12)4-3-5-18(21)22-2/h3-4,6-8,11H,5,9-10H2,1-2H3/b4-3-. The number of esters is 1. The van der Waals surface area contributed by atoms with Gasteiger partial charge in [-0.05, 0) is 47.9 Å². The Morgan fingerprint density at radius 1 is 1.48 bits per heavy atom. The topological polar surface area (TPSA) is 35.5 Å². The van der Waals surface area contributed by atoms with Crippen LogP contribution in [0.2, 0.25) is 0 Å². The van der Waals surface area contributed by atoms with Gasteiger partial charge in [-0.25, -0.2) is 4.39 Å². The molecule has 0 atom stereocenters. The van der Waals surface area contributed by atoms with Gasteiger partial charge in [0.15, 0.2) is 0 Å². The lowest BCUT2D eigenvalue weighted by Crippen LogP contribution is -2.06. The molecule has 0 spiro atoms. The van der Waals surface area contributed by atoms with Gasteiger partial charge in [0.05, 0.1) is 13.5 Å². The molecule has 23 heavy (non-hydrogen) atoms. The average Bonchev–Trinajstić information content (AvgIpc) is 2.69. The van der Waals surface area contributed by atoms with Crippen molar-refractivity contribution in [3.63, 3.8) is 0 Å². The highest BCUT2D eigenvalue weighted by Crippen LogP contribution is 2.33. The molecule has 5 heteroatoms. The van der Waals surface area contributed by atoms with Gasteiger partial charge in [-0.1, -0.05) is 23.8 Å². The molecule has 0 aromatic rings. The highest BCUT2D eigenvalue weighted by Gasteiger charge is 2.17. The molecular formula is C18H18ClFO3. The molecule has 0 aromatic heterocycles. The van der Waals surface area contributed by atoms with Crippen LogP contribution in [0, 0.1) is 0 Å². The number of halogens is 2. The SMILES string of the molecule is COC(=O)C/C=C\C1=C(C)C(C2=CC=C(Cl)C=C(F)C2)=CCO1. The number of carbonyl (C=O) groups is 1. The first-order valence-corrected chi connectivity index (χ1v) is 7.59. The van der Waals surface area contributed by atoms with Crippen molar-refractivity contribution < 1.29 is 18.7 Å². The smallest absolute Gasteiger partial charge is 0.309 e. The number of hydrogen-bond donors (Lipinski definition) is 0. The van der Waals surface area contributed by atoms with E-state index < -0.39 is 0 Å². The average molecular weight is 337 g/mol. The van der Waals surface area contributed by atoms with Crippen LogP contribution in [0.4, 0.5) is 4.39 Å². The van der Waals surface area contributed by atoms with Crippen LogP contribution in [-0.4, -0.2) is 19.7 Å². The van der Waals surface area contributed by atoms with Crippen LogP contribution in [0.1, 0.15) is 19.8 Å². The van der Waals surface area contributed by atoms with E-state index in [0.717, 1.165) is 16.7 Å².